The van der Waals surface area contributed by atoms with E-state index in [0.29, 0.717) is 28.4 Å². The molecule has 0 bridgehead atoms. The number of carbonyl (C=O) groups excluding carboxylic acids is 3. The number of rotatable bonds is 11. The van der Waals surface area contributed by atoms with Gasteiger partial charge >= 0.3 is 5.97 Å². The minimum atomic E-state index is -0.596. The molecule has 8 nitrogen and oxygen atoms in total. The smallest absolute Gasteiger partial charge is 0.338 e. The van der Waals surface area contributed by atoms with Gasteiger partial charge < -0.3 is 24.8 Å². The van der Waals surface area contributed by atoms with Crippen molar-refractivity contribution in [3.8, 4) is 11.5 Å². The molecule has 41 heavy (non-hydrogen) atoms. The van der Waals surface area contributed by atoms with Gasteiger partial charge in [-0.05, 0) is 67.1 Å². The van der Waals surface area contributed by atoms with Gasteiger partial charge in [0.1, 0.15) is 22.3 Å². The molecule has 0 radical (unpaired) electrons. The molecule has 0 aromatic heterocycles. The van der Waals surface area contributed by atoms with Crippen LogP contribution in [0.1, 0.15) is 38.5 Å². The lowest BCUT2D eigenvalue weighted by atomic mass is 10.1. The van der Waals surface area contributed by atoms with Crippen molar-refractivity contribution in [3.05, 3.63) is 114 Å². The molecule has 0 saturated heterocycles. The summed E-state index contributed by atoms with van der Waals surface area (Å²) < 4.78 is 15.8. The van der Waals surface area contributed by atoms with Gasteiger partial charge in [-0.15, -0.1) is 11.8 Å². The third kappa shape index (κ3) is 7.46. The maximum atomic E-state index is 13.5. The van der Waals surface area contributed by atoms with Crippen LogP contribution < -0.4 is 20.1 Å². The summed E-state index contributed by atoms with van der Waals surface area (Å²) in [6.45, 7) is 2.03. The van der Waals surface area contributed by atoms with Crippen LogP contribution in [-0.2, 0) is 9.53 Å². The van der Waals surface area contributed by atoms with Crippen molar-refractivity contribution in [2.75, 3.05) is 31.5 Å². The van der Waals surface area contributed by atoms with Crippen LogP contribution in [-0.4, -0.2) is 38.6 Å². The van der Waals surface area contributed by atoms with Gasteiger partial charge in [0.05, 0.1) is 26.4 Å². The average Bonchev–Trinajstić information content (AvgIpc) is 3.00. The fraction of sp³-hybridized carbons (Fsp3) is 0.156. The first-order valence-electron chi connectivity index (χ1n) is 12.9. The molecule has 0 spiro atoms. The second kappa shape index (κ2) is 14.0. The number of anilines is 2. The molecular weight excluding hydrogens is 540 g/mol. The van der Waals surface area contributed by atoms with Crippen molar-refractivity contribution in [2.24, 2.45) is 0 Å². The van der Waals surface area contributed by atoms with Crippen molar-refractivity contribution in [2.45, 2.75) is 17.1 Å². The van der Waals surface area contributed by atoms with Crippen molar-refractivity contribution < 1.29 is 28.6 Å². The van der Waals surface area contributed by atoms with E-state index in [9.17, 15) is 14.4 Å². The molecule has 0 aliphatic rings. The summed E-state index contributed by atoms with van der Waals surface area (Å²) in [5.41, 5.74) is 2.60. The maximum Gasteiger partial charge on any atom is 0.338 e. The van der Waals surface area contributed by atoms with Crippen molar-refractivity contribution >= 4 is 40.9 Å². The Labute approximate surface area is 243 Å². The van der Waals surface area contributed by atoms with Crippen LogP contribution in [0.2, 0.25) is 0 Å². The van der Waals surface area contributed by atoms with E-state index >= 15 is 0 Å². The number of esters is 1. The summed E-state index contributed by atoms with van der Waals surface area (Å²) in [7, 11) is 2.98. The first-order valence-corrected chi connectivity index (χ1v) is 13.7. The molecule has 1 atom stereocenters. The van der Waals surface area contributed by atoms with Crippen LogP contribution in [0, 0.1) is 0 Å². The van der Waals surface area contributed by atoms with E-state index < -0.39 is 11.2 Å². The highest BCUT2D eigenvalue weighted by molar-refractivity contribution is 8.00. The number of carbonyl (C=O) groups is 3. The molecule has 210 valence electrons. The zero-order valence-electron chi connectivity index (χ0n) is 22.9. The number of amides is 2. The molecule has 4 rings (SSSR count). The van der Waals surface area contributed by atoms with Crippen LogP contribution in [0.5, 0.6) is 11.5 Å². The predicted molar refractivity (Wildman–Crippen MR) is 160 cm³/mol. The predicted octanol–water partition coefficient (Wildman–Crippen LogP) is 6.60. The summed E-state index contributed by atoms with van der Waals surface area (Å²) in [6.07, 6.45) is 0. The Kier molecular flexibility index (Phi) is 10.0. The molecule has 0 saturated carbocycles. The minimum Gasteiger partial charge on any atom is -0.496 e. The van der Waals surface area contributed by atoms with Gasteiger partial charge in [-0.1, -0.05) is 42.5 Å². The summed E-state index contributed by atoms with van der Waals surface area (Å²) in [6, 6.07) is 28.4. The Morgan fingerprint density at radius 1 is 0.756 bits per heavy atom. The lowest BCUT2D eigenvalue weighted by molar-refractivity contribution is -0.115. The molecule has 0 aliphatic heterocycles. The van der Waals surface area contributed by atoms with E-state index in [1.165, 1.54) is 26.0 Å². The Hall–Kier alpha value is -4.76. The standard InChI is InChI=1S/C32H30N2O6S/c1-4-40-32(37)22-16-18-23(19-17-22)33-31(36)29(21-10-6-5-7-11-21)41-25-13-8-12-24(20-25)34-30(35)28-26(38-2)14-9-15-27(28)39-3/h5-20,29H,4H2,1-3H3,(H,33,36)(H,34,35). The largest absolute Gasteiger partial charge is 0.496 e. The number of thioether (sulfide) groups is 1. The number of nitrogens with one attached hydrogen (secondary N) is 2. The zero-order chi connectivity index (χ0) is 29.2. The van der Waals surface area contributed by atoms with E-state index in [4.69, 9.17) is 14.2 Å². The molecule has 0 fully saturated rings. The fourth-order valence-electron chi connectivity index (χ4n) is 4.06. The topological polar surface area (TPSA) is 103 Å². The second-order valence-corrected chi connectivity index (χ2v) is 9.89. The zero-order valence-corrected chi connectivity index (χ0v) is 23.7. The number of hydrogen-bond donors (Lipinski definition) is 2. The SMILES string of the molecule is CCOC(=O)c1ccc(NC(=O)C(Sc2cccc(NC(=O)c3c(OC)cccc3OC)c2)c2ccccc2)cc1. The van der Waals surface area contributed by atoms with Crippen LogP contribution in [0.25, 0.3) is 0 Å². The molecule has 0 aliphatic carbocycles. The molecule has 4 aromatic carbocycles. The Morgan fingerprint density at radius 3 is 2.05 bits per heavy atom. The van der Waals surface area contributed by atoms with Crippen LogP contribution in [0.4, 0.5) is 11.4 Å². The first-order chi connectivity index (χ1) is 19.9. The van der Waals surface area contributed by atoms with Crippen LogP contribution >= 0.6 is 11.8 Å². The molecule has 2 amide bonds. The van der Waals surface area contributed by atoms with Gasteiger partial charge in [0.15, 0.2) is 0 Å². The summed E-state index contributed by atoms with van der Waals surface area (Å²) in [4.78, 5) is 39.4. The van der Waals surface area contributed by atoms with E-state index in [1.54, 1.807) is 55.5 Å². The third-order valence-corrected chi connectivity index (χ3v) is 7.25. The van der Waals surface area contributed by atoms with Crippen molar-refractivity contribution in [1.82, 2.24) is 0 Å². The minimum absolute atomic E-state index is 0.238. The number of methoxy groups -OCH3 is 2. The molecule has 2 N–H and O–H groups in total. The van der Waals surface area contributed by atoms with Gasteiger partial charge in [0.25, 0.3) is 5.91 Å². The summed E-state index contributed by atoms with van der Waals surface area (Å²) >= 11 is 1.35. The van der Waals surface area contributed by atoms with Crippen LogP contribution in [0.3, 0.4) is 0 Å². The molecule has 0 heterocycles. The number of benzene rings is 4. The lowest BCUT2D eigenvalue weighted by Crippen LogP contribution is -2.19. The Balaban J connectivity index is 1.54. The lowest BCUT2D eigenvalue weighted by Gasteiger charge is -2.18. The first kappa shape index (κ1) is 29.2. The summed E-state index contributed by atoms with van der Waals surface area (Å²) in [5, 5.41) is 5.25. The van der Waals surface area contributed by atoms with Gasteiger partial charge in [-0.25, -0.2) is 4.79 Å². The number of hydrogen-bond acceptors (Lipinski definition) is 7. The molecule has 1 unspecified atom stereocenters. The third-order valence-electron chi connectivity index (χ3n) is 6.00. The van der Waals surface area contributed by atoms with Crippen LogP contribution in [0.15, 0.2) is 102 Å². The normalized spacial score (nSPS) is 11.2. The second-order valence-electron chi connectivity index (χ2n) is 8.72. The highest BCUT2D eigenvalue weighted by atomic mass is 32.2. The highest BCUT2D eigenvalue weighted by Crippen LogP contribution is 2.37. The van der Waals surface area contributed by atoms with E-state index in [0.717, 1.165) is 10.5 Å². The fourth-order valence-corrected chi connectivity index (χ4v) is 5.15. The monoisotopic (exact) mass is 570 g/mol. The summed E-state index contributed by atoms with van der Waals surface area (Å²) in [5.74, 6) is -0.255. The van der Waals surface area contributed by atoms with Gasteiger partial charge in [0.2, 0.25) is 5.91 Å². The Bertz CT molecular complexity index is 1490. The quantitative estimate of drug-likeness (QED) is 0.155. The maximum absolute atomic E-state index is 13.5. The van der Waals surface area contributed by atoms with Gasteiger partial charge in [0, 0.05) is 16.3 Å². The molecule has 4 aromatic rings. The van der Waals surface area contributed by atoms with E-state index in [1.807, 2.05) is 48.5 Å². The Morgan fingerprint density at radius 2 is 1.41 bits per heavy atom. The molecular formula is C32H30N2O6S. The van der Waals surface area contributed by atoms with Gasteiger partial charge in [-0.2, -0.15) is 0 Å². The van der Waals surface area contributed by atoms with E-state index in [2.05, 4.69) is 10.6 Å². The van der Waals surface area contributed by atoms with Crippen molar-refractivity contribution in [1.29, 1.82) is 0 Å². The average molecular weight is 571 g/mol. The van der Waals surface area contributed by atoms with Gasteiger partial charge in [-0.3, -0.25) is 9.59 Å². The number of ether oxygens (including phenoxy) is 3. The van der Waals surface area contributed by atoms with E-state index in [-0.39, 0.29) is 24.0 Å². The molecule has 9 heteroatoms. The highest BCUT2D eigenvalue weighted by Gasteiger charge is 2.23. The van der Waals surface area contributed by atoms with Crippen molar-refractivity contribution in [3.63, 3.8) is 0 Å².